The lowest BCUT2D eigenvalue weighted by atomic mass is 9.67. The Morgan fingerprint density at radius 3 is 2.55 bits per heavy atom. The van der Waals surface area contributed by atoms with Crippen molar-refractivity contribution in [1.82, 2.24) is 10.6 Å². The van der Waals surface area contributed by atoms with Crippen LogP contribution < -0.4 is 10.6 Å². The topological polar surface area (TPSA) is 45.7 Å². The molecule has 0 spiro atoms. The van der Waals surface area contributed by atoms with Crippen molar-refractivity contribution in [1.29, 1.82) is 0 Å². The zero-order valence-corrected chi connectivity index (χ0v) is 13.5. The van der Waals surface area contributed by atoms with Gasteiger partial charge in [-0.05, 0) is 42.4 Å². The average Bonchev–Trinajstić information content (AvgIpc) is 2.50. The van der Waals surface area contributed by atoms with E-state index in [1.165, 1.54) is 31.4 Å². The Labute approximate surface area is 132 Å². The number of benzene rings is 1. The van der Waals surface area contributed by atoms with E-state index in [-0.39, 0.29) is 5.82 Å². The molecule has 2 N–H and O–H groups in total. The third kappa shape index (κ3) is 4.70. The molecule has 22 heavy (non-hydrogen) atoms. The summed E-state index contributed by atoms with van der Waals surface area (Å²) in [5.41, 5.74) is 1.38. The highest BCUT2D eigenvalue weighted by Crippen LogP contribution is 2.43. The van der Waals surface area contributed by atoms with Gasteiger partial charge in [-0.25, -0.2) is 4.39 Å². The molecule has 5 heteroatoms. The van der Waals surface area contributed by atoms with Crippen molar-refractivity contribution in [3.8, 4) is 0 Å². The Morgan fingerprint density at radius 1 is 1.27 bits per heavy atom. The summed E-state index contributed by atoms with van der Waals surface area (Å²) < 4.78 is 18.1. The quantitative estimate of drug-likeness (QED) is 0.601. The van der Waals surface area contributed by atoms with Crippen molar-refractivity contribution >= 4 is 5.96 Å². The van der Waals surface area contributed by atoms with Crippen LogP contribution in [-0.2, 0) is 11.3 Å². The second kappa shape index (κ2) is 8.13. The Bertz CT molecular complexity index is 483. The van der Waals surface area contributed by atoms with Gasteiger partial charge in [-0.15, -0.1) is 0 Å². The Hall–Kier alpha value is -1.62. The first kappa shape index (κ1) is 16.7. The molecule has 0 amide bonds. The van der Waals surface area contributed by atoms with E-state index in [0.29, 0.717) is 12.0 Å². The zero-order valence-electron chi connectivity index (χ0n) is 13.5. The van der Waals surface area contributed by atoms with Crippen molar-refractivity contribution in [2.24, 2.45) is 10.4 Å². The normalized spacial score (nSPS) is 17.0. The minimum Gasteiger partial charge on any atom is -0.385 e. The minimum atomic E-state index is -0.212. The summed E-state index contributed by atoms with van der Waals surface area (Å²) in [7, 11) is 3.52. The maximum Gasteiger partial charge on any atom is 0.191 e. The van der Waals surface area contributed by atoms with Gasteiger partial charge in [0.1, 0.15) is 5.82 Å². The van der Waals surface area contributed by atoms with E-state index < -0.39 is 0 Å². The number of hydrogen-bond acceptors (Lipinski definition) is 2. The van der Waals surface area contributed by atoms with Crippen LogP contribution in [-0.4, -0.2) is 33.3 Å². The second-order valence-electron chi connectivity index (χ2n) is 6.00. The molecule has 0 aromatic heterocycles. The minimum absolute atomic E-state index is 0.212. The first-order valence-corrected chi connectivity index (χ1v) is 7.85. The average molecular weight is 307 g/mol. The fourth-order valence-electron chi connectivity index (χ4n) is 2.79. The van der Waals surface area contributed by atoms with Crippen molar-refractivity contribution in [2.75, 3.05) is 27.3 Å². The van der Waals surface area contributed by atoms with Crippen molar-refractivity contribution in [2.45, 2.75) is 32.2 Å². The number of guanidine groups is 1. The summed E-state index contributed by atoms with van der Waals surface area (Å²) in [6, 6.07) is 6.51. The molecule has 0 aliphatic heterocycles. The summed E-state index contributed by atoms with van der Waals surface area (Å²) in [5, 5.41) is 6.68. The van der Waals surface area contributed by atoms with Crippen LogP contribution in [0.4, 0.5) is 4.39 Å². The second-order valence-corrected chi connectivity index (χ2v) is 6.00. The van der Waals surface area contributed by atoms with E-state index in [1.54, 1.807) is 26.3 Å². The Kier molecular flexibility index (Phi) is 6.19. The van der Waals surface area contributed by atoms with Crippen LogP contribution in [0.1, 0.15) is 31.2 Å². The van der Waals surface area contributed by atoms with Gasteiger partial charge in [0.2, 0.25) is 0 Å². The molecule has 1 aliphatic rings. The molecule has 0 saturated heterocycles. The highest BCUT2D eigenvalue weighted by molar-refractivity contribution is 5.79. The molecule has 122 valence electrons. The van der Waals surface area contributed by atoms with Crippen molar-refractivity contribution in [3.63, 3.8) is 0 Å². The maximum atomic E-state index is 12.9. The number of halogens is 1. The molecule has 1 aromatic carbocycles. The lowest BCUT2D eigenvalue weighted by molar-refractivity contribution is 0.0732. The summed E-state index contributed by atoms with van der Waals surface area (Å²) in [5.74, 6) is 0.573. The molecule has 0 radical (unpaired) electrons. The van der Waals surface area contributed by atoms with Gasteiger partial charge in [-0.1, -0.05) is 18.6 Å². The molecule has 0 bridgehead atoms. The standard InChI is InChI=1S/C17H26FN3O/c1-19-16(20-12-14-4-6-15(18)7-5-14)21-13-17(8-3-9-17)10-11-22-2/h4-7H,3,8-13H2,1-2H3,(H2,19,20,21). The third-order valence-electron chi connectivity index (χ3n) is 4.48. The van der Waals surface area contributed by atoms with Crippen LogP contribution in [0.2, 0.25) is 0 Å². The van der Waals surface area contributed by atoms with Gasteiger partial charge in [0.25, 0.3) is 0 Å². The molecule has 1 saturated carbocycles. The number of methoxy groups -OCH3 is 1. The van der Waals surface area contributed by atoms with Crippen LogP contribution in [0.3, 0.4) is 0 Å². The SMILES string of the molecule is CN=C(NCc1ccc(F)cc1)NCC1(CCOC)CCC1. The van der Waals surface area contributed by atoms with Gasteiger partial charge in [0.05, 0.1) is 0 Å². The van der Waals surface area contributed by atoms with Gasteiger partial charge in [-0.3, -0.25) is 4.99 Å². The molecule has 1 fully saturated rings. The lowest BCUT2D eigenvalue weighted by Crippen LogP contribution is -2.46. The predicted molar refractivity (Wildman–Crippen MR) is 87.4 cm³/mol. The fraction of sp³-hybridized carbons (Fsp3) is 0.588. The molecule has 1 aromatic rings. The van der Waals surface area contributed by atoms with Crippen LogP contribution in [0.5, 0.6) is 0 Å². The molecular formula is C17H26FN3O. The summed E-state index contributed by atoms with van der Waals surface area (Å²) in [6.45, 7) is 2.35. The van der Waals surface area contributed by atoms with Crippen LogP contribution in [0.15, 0.2) is 29.3 Å². The highest BCUT2D eigenvalue weighted by Gasteiger charge is 2.36. The molecule has 1 aliphatic carbocycles. The molecule has 0 unspecified atom stereocenters. The smallest absolute Gasteiger partial charge is 0.191 e. The molecule has 0 atom stereocenters. The predicted octanol–water partition coefficient (Wildman–Crippen LogP) is 2.70. The number of ether oxygens (including phenoxy) is 1. The fourth-order valence-corrected chi connectivity index (χ4v) is 2.79. The number of aliphatic imine (C=N–C) groups is 1. The van der Waals surface area contributed by atoms with Gasteiger partial charge >= 0.3 is 0 Å². The van der Waals surface area contributed by atoms with E-state index in [1.807, 2.05) is 0 Å². The number of hydrogen-bond donors (Lipinski definition) is 2. The first-order chi connectivity index (χ1) is 10.7. The maximum absolute atomic E-state index is 12.9. The first-order valence-electron chi connectivity index (χ1n) is 7.85. The Morgan fingerprint density at radius 2 is 2.00 bits per heavy atom. The summed E-state index contributed by atoms with van der Waals surface area (Å²) in [6.07, 6.45) is 4.88. The summed E-state index contributed by atoms with van der Waals surface area (Å²) in [4.78, 5) is 4.25. The lowest BCUT2D eigenvalue weighted by Gasteiger charge is -2.42. The number of nitrogens with zero attached hydrogens (tertiary/aromatic N) is 1. The summed E-state index contributed by atoms with van der Waals surface area (Å²) >= 11 is 0. The molecular weight excluding hydrogens is 281 g/mol. The largest absolute Gasteiger partial charge is 0.385 e. The third-order valence-corrected chi connectivity index (χ3v) is 4.48. The molecule has 4 nitrogen and oxygen atoms in total. The Balaban J connectivity index is 1.78. The molecule has 0 heterocycles. The van der Waals surface area contributed by atoms with E-state index in [4.69, 9.17) is 4.74 Å². The van der Waals surface area contributed by atoms with Crippen molar-refractivity contribution in [3.05, 3.63) is 35.6 Å². The van der Waals surface area contributed by atoms with Crippen molar-refractivity contribution < 1.29 is 9.13 Å². The van der Waals surface area contributed by atoms with Gasteiger partial charge in [0.15, 0.2) is 5.96 Å². The van der Waals surface area contributed by atoms with E-state index in [9.17, 15) is 4.39 Å². The number of nitrogens with one attached hydrogen (secondary N) is 2. The zero-order chi connectivity index (χ0) is 15.8. The van der Waals surface area contributed by atoms with E-state index in [2.05, 4.69) is 15.6 Å². The van der Waals surface area contributed by atoms with Gasteiger partial charge in [0, 0.05) is 33.9 Å². The van der Waals surface area contributed by atoms with E-state index in [0.717, 1.165) is 31.1 Å². The van der Waals surface area contributed by atoms with E-state index >= 15 is 0 Å². The highest BCUT2D eigenvalue weighted by atomic mass is 19.1. The van der Waals surface area contributed by atoms with Gasteiger partial charge < -0.3 is 15.4 Å². The van der Waals surface area contributed by atoms with Crippen LogP contribution in [0.25, 0.3) is 0 Å². The van der Waals surface area contributed by atoms with Gasteiger partial charge in [-0.2, -0.15) is 0 Å². The van der Waals surface area contributed by atoms with Crippen LogP contribution in [0, 0.1) is 11.2 Å². The van der Waals surface area contributed by atoms with Crippen LogP contribution >= 0.6 is 0 Å². The molecule has 2 rings (SSSR count). The monoisotopic (exact) mass is 307 g/mol. The number of rotatable bonds is 7.